The van der Waals surface area contributed by atoms with E-state index in [1.54, 1.807) is 24.3 Å². The molecule has 1 aromatic rings. The molecule has 21 heavy (non-hydrogen) atoms. The Morgan fingerprint density at radius 1 is 1.24 bits per heavy atom. The average molecular weight is 310 g/mol. The predicted molar refractivity (Wildman–Crippen MR) is 77.1 cm³/mol. The number of carboxylic acid groups (broad SMARTS) is 1. The van der Waals surface area contributed by atoms with Gasteiger partial charge in [0.25, 0.3) is 0 Å². The fourth-order valence-electron chi connectivity index (χ4n) is 2.53. The first-order valence-corrected chi connectivity index (χ1v) is 8.41. The molecule has 1 saturated heterocycles. The molecule has 1 aromatic carbocycles. The van der Waals surface area contributed by atoms with E-state index < -0.39 is 22.0 Å². The Morgan fingerprint density at radius 3 is 2.29 bits per heavy atom. The Balaban J connectivity index is 2.34. The molecule has 1 unspecified atom stereocenters. The molecule has 2 rings (SSSR count). The normalized spacial score (nSPS) is 20.6. The molecule has 0 saturated carbocycles. The molecular weight excluding hydrogens is 290 g/mol. The SMILES string of the molecule is CC(C)(C)c1ccc(S(=O)(=O)N2CCCC2C(=O)[O-])cc1. The van der Waals surface area contributed by atoms with Crippen LogP contribution in [0.25, 0.3) is 0 Å². The van der Waals surface area contributed by atoms with E-state index in [0.29, 0.717) is 12.8 Å². The Labute approximate surface area is 125 Å². The summed E-state index contributed by atoms with van der Waals surface area (Å²) in [5.41, 5.74) is 0.961. The molecule has 1 atom stereocenters. The van der Waals surface area contributed by atoms with Crippen molar-refractivity contribution in [3.63, 3.8) is 0 Å². The third-order valence-electron chi connectivity index (χ3n) is 3.80. The van der Waals surface area contributed by atoms with Crippen LogP contribution in [0.4, 0.5) is 0 Å². The van der Waals surface area contributed by atoms with Gasteiger partial charge < -0.3 is 9.90 Å². The van der Waals surface area contributed by atoms with Crippen LogP contribution in [-0.4, -0.2) is 31.3 Å². The fourth-order valence-corrected chi connectivity index (χ4v) is 4.17. The van der Waals surface area contributed by atoms with Crippen molar-refractivity contribution in [2.45, 2.75) is 50.0 Å². The number of carboxylic acids is 1. The number of sulfonamides is 1. The van der Waals surface area contributed by atoms with Crippen molar-refractivity contribution in [1.82, 2.24) is 4.31 Å². The lowest BCUT2D eigenvalue weighted by Gasteiger charge is -2.25. The van der Waals surface area contributed by atoms with E-state index in [0.717, 1.165) is 9.87 Å². The highest BCUT2D eigenvalue weighted by Gasteiger charge is 2.36. The number of carbonyl (C=O) groups is 1. The van der Waals surface area contributed by atoms with E-state index in [2.05, 4.69) is 0 Å². The van der Waals surface area contributed by atoms with E-state index in [4.69, 9.17) is 0 Å². The fraction of sp³-hybridized carbons (Fsp3) is 0.533. The van der Waals surface area contributed by atoms with E-state index in [9.17, 15) is 18.3 Å². The zero-order valence-electron chi connectivity index (χ0n) is 12.5. The van der Waals surface area contributed by atoms with E-state index >= 15 is 0 Å². The van der Waals surface area contributed by atoms with Crippen LogP contribution in [0.5, 0.6) is 0 Å². The van der Waals surface area contributed by atoms with Crippen molar-refractivity contribution in [2.24, 2.45) is 0 Å². The van der Waals surface area contributed by atoms with Crippen molar-refractivity contribution in [2.75, 3.05) is 6.54 Å². The summed E-state index contributed by atoms with van der Waals surface area (Å²) in [5.74, 6) is -1.33. The molecule has 1 aliphatic heterocycles. The zero-order valence-corrected chi connectivity index (χ0v) is 13.3. The third-order valence-corrected chi connectivity index (χ3v) is 5.73. The van der Waals surface area contributed by atoms with Gasteiger partial charge in [-0.2, -0.15) is 4.31 Å². The van der Waals surface area contributed by atoms with Crippen LogP contribution in [0.3, 0.4) is 0 Å². The number of hydrogen-bond donors (Lipinski definition) is 0. The number of nitrogens with zero attached hydrogens (tertiary/aromatic N) is 1. The van der Waals surface area contributed by atoms with Crippen molar-refractivity contribution in [3.8, 4) is 0 Å². The number of hydrogen-bond acceptors (Lipinski definition) is 4. The summed E-state index contributed by atoms with van der Waals surface area (Å²) >= 11 is 0. The molecule has 1 aliphatic rings. The minimum atomic E-state index is -3.78. The minimum absolute atomic E-state index is 0.0660. The summed E-state index contributed by atoms with van der Waals surface area (Å²) in [6.45, 7) is 6.36. The number of carbonyl (C=O) groups excluding carboxylic acids is 1. The Bertz CT molecular complexity index is 629. The Morgan fingerprint density at radius 2 is 1.81 bits per heavy atom. The van der Waals surface area contributed by atoms with Crippen molar-refractivity contribution in [3.05, 3.63) is 29.8 Å². The summed E-state index contributed by atoms with van der Waals surface area (Å²) in [7, 11) is -3.78. The van der Waals surface area contributed by atoms with Crippen LogP contribution >= 0.6 is 0 Å². The quantitative estimate of drug-likeness (QED) is 0.830. The highest BCUT2D eigenvalue weighted by atomic mass is 32.2. The topological polar surface area (TPSA) is 77.5 Å². The van der Waals surface area contributed by atoms with Crippen molar-refractivity contribution >= 4 is 16.0 Å². The smallest absolute Gasteiger partial charge is 0.243 e. The third kappa shape index (κ3) is 3.11. The summed E-state index contributed by atoms with van der Waals surface area (Å²) in [6, 6.07) is 5.58. The average Bonchev–Trinajstić information content (AvgIpc) is 2.88. The second-order valence-electron chi connectivity index (χ2n) is 6.37. The first-order valence-electron chi connectivity index (χ1n) is 6.97. The summed E-state index contributed by atoms with van der Waals surface area (Å²) < 4.78 is 26.1. The first kappa shape index (κ1) is 16.0. The zero-order chi connectivity index (χ0) is 15.8. The number of benzene rings is 1. The van der Waals surface area contributed by atoms with Gasteiger partial charge in [0.1, 0.15) is 0 Å². The van der Waals surface area contributed by atoms with Gasteiger partial charge in [0, 0.05) is 6.54 Å². The minimum Gasteiger partial charge on any atom is -0.548 e. The van der Waals surface area contributed by atoms with E-state index in [-0.39, 0.29) is 16.9 Å². The lowest BCUT2D eigenvalue weighted by atomic mass is 9.87. The molecule has 0 spiro atoms. The standard InChI is InChI=1S/C15H21NO4S/c1-15(2,3)11-6-8-12(9-7-11)21(19,20)16-10-4-5-13(16)14(17)18/h6-9,13H,4-5,10H2,1-3H3,(H,17,18)/p-1. The van der Waals surface area contributed by atoms with Crippen LogP contribution < -0.4 is 5.11 Å². The molecule has 0 aliphatic carbocycles. The highest BCUT2D eigenvalue weighted by Crippen LogP contribution is 2.28. The molecule has 6 heteroatoms. The summed E-state index contributed by atoms with van der Waals surface area (Å²) in [5, 5.41) is 11.1. The van der Waals surface area contributed by atoms with Crippen LogP contribution in [0, 0.1) is 0 Å². The summed E-state index contributed by atoms with van der Waals surface area (Å²) in [4.78, 5) is 11.2. The second-order valence-corrected chi connectivity index (χ2v) is 8.26. The Kier molecular flexibility index (Phi) is 4.13. The second kappa shape index (κ2) is 5.42. The maximum Gasteiger partial charge on any atom is 0.243 e. The van der Waals surface area contributed by atoms with E-state index in [1.807, 2.05) is 20.8 Å². The van der Waals surface area contributed by atoms with Gasteiger partial charge in [-0.25, -0.2) is 8.42 Å². The van der Waals surface area contributed by atoms with Crippen LogP contribution in [-0.2, 0) is 20.2 Å². The molecular formula is C15H20NO4S-. The van der Waals surface area contributed by atoms with Gasteiger partial charge in [0.2, 0.25) is 10.0 Å². The van der Waals surface area contributed by atoms with Crippen molar-refractivity contribution in [1.29, 1.82) is 0 Å². The summed E-state index contributed by atoms with van der Waals surface area (Å²) in [6.07, 6.45) is 0.847. The van der Waals surface area contributed by atoms with Gasteiger partial charge in [0.05, 0.1) is 16.9 Å². The maximum absolute atomic E-state index is 12.5. The van der Waals surface area contributed by atoms with Gasteiger partial charge >= 0.3 is 0 Å². The molecule has 0 N–H and O–H groups in total. The van der Waals surface area contributed by atoms with Gasteiger partial charge in [-0.1, -0.05) is 32.9 Å². The molecule has 1 fully saturated rings. The highest BCUT2D eigenvalue weighted by molar-refractivity contribution is 7.89. The largest absolute Gasteiger partial charge is 0.548 e. The van der Waals surface area contributed by atoms with Crippen LogP contribution in [0.1, 0.15) is 39.2 Å². The number of aliphatic carboxylic acids is 1. The predicted octanol–water partition coefficient (Wildman–Crippen LogP) is 0.887. The van der Waals surface area contributed by atoms with Crippen LogP contribution in [0.15, 0.2) is 29.2 Å². The Hall–Kier alpha value is -1.40. The number of rotatable bonds is 3. The van der Waals surface area contributed by atoms with Gasteiger partial charge in [-0.05, 0) is 36.0 Å². The monoisotopic (exact) mass is 310 g/mol. The molecule has 116 valence electrons. The molecule has 0 amide bonds. The molecule has 5 nitrogen and oxygen atoms in total. The molecule has 0 bridgehead atoms. The molecule has 1 heterocycles. The van der Waals surface area contributed by atoms with Crippen molar-refractivity contribution < 1.29 is 18.3 Å². The van der Waals surface area contributed by atoms with Gasteiger partial charge in [0.15, 0.2) is 0 Å². The maximum atomic E-state index is 12.5. The van der Waals surface area contributed by atoms with E-state index in [1.165, 1.54) is 0 Å². The molecule has 0 radical (unpaired) electrons. The van der Waals surface area contributed by atoms with Gasteiger partial charge in [-0.3, -0.25) is 0 Å². The molecule has 0 aromatic heterocycles. The van der Waals surface area contributed by atoms with Crippen LogP contribution in [0.2, 0.25) is 0 Å². The first-order chi connectivity index (χ1) is 9.64. The lowest BCUT2D eigenvalue weighted by Crippen LogP contribution is -2.46. The lowest BCUT2D eigenvalue weighted by molar-refractivity contribution is -0.309. The van der Waals surface area contributed by atoms with Gasteiger partial charge in [-0.15, -0.1) is 0 Å².